The van der Waals surface area contributed by atoms with Crippen LogP contribution in [0, 0.1) is 6.92 Å². The molecule has 0 bridgehead atoms. The van der Waals surface area contributed by atoms with Gasteiger partial charge in [0.25, 0.3) is 0 Å². The van der Waals surface area contributed by atoms with Crippen molar-refractivity contribution in [2.24, 2.45) is 0 Å². The lowest BCUT2D eigenvalue weighted by atomic mass is 10.2. The summed E-state index contributed by atoms with van der Waals surface area (Å²) >= 11 is 0. The van der Waals surface area contributed by atoms with Crippen LogP contribution in [0.2, 0.25) is 0 Å². The third kappa shape index (κ3) is 4.63. The van der Waals surface area contributed by atoms with Gasteiger partial charge < -0.3 is 0 Å². The molecule has 0 radical (unpaired) electrons. The number of aromatic nitrogens is 3. The van der Waals surface area contributed by atoms with Crippen molar-refractivity contribution in [2.75, 3.05) is 0 Å². The van der Waals surface area contributed by atoms with E-state index < -0.39 is 0 Å². The molecule has 0 fully saturated rings. The van der Waals surface area contributed by atoms with E-state index >= 15 is 0 Å². The molecule has 3 heteroatoms. The van der Waals surface area contributed by atoms with Crippen LogP contribution in [-0.4, -0.2) is 15.0 Å². The summed E-state index contributed by atoms with van der Waals surface area (Å²) in [5.41, 5.74) is 2.01. The largest absolute Gasteiger partial charge is 0.213 e. The molecule has 1 aromatic carbocycles. The second-order valence-corrected chi connectivity index (χ2v) is 4.14. The van der Waals surface area contributed by atoms with E-state index in [1.807, 2.05) is 83.2 Å². The van der Waals surface area contributed by atoms with E-state index in [9.17, 15) is 0 Å². The van der Waals surface area contributed by atoms with Gasteiger partial charge in [0.15, 0.2) is 11.6 Å². The molecule has 2 rings (SSSR count). The fourth-order valence-corrected chi connectivity index (χ4v) is 1.81. The van der Waals surface area contributed by atoms with Crippen molar-refractivity contribution in [3.63, 3.8) is 0 Å². The minimum Gasteiger partial charge on any atom is -0.213 e. The maximum Gasteiger partial charge on any atom is 0.163 e. The summed E-state index contributed by atoms with van der Waals surface area (Å²) in [6.45, 7) is 9.85. The van der Waals surface area contributed by atoms with Crippen molar-refractivity contribution in [3.05, 3.63) is 60.2 Å². The van der Waals surface area contributed by atoms with Gasteiger partial charge in [0, 0.05) is 11.1 Å². The summed E-state index contributed by atoms with van der Waals surface area (Å²) in [4.78, 5) is 13.4. The lowest BCUT2D eigenvalue weighted by molar-refractivity contribution is 0.962. The van der Waals surface area contributed by atoms with Crippen LogP contribution < -0.4 is 0 Å². The summed E-state index contributed by atoms with van der Waals surface area (Å²) < 4.78 is 0. The number of hydrogen-bond donors (Lipinski definition) is 0. The Morgan fingerprint density at radius 3 is 2.19 bits per heavy atom. The maximum absolute atomic E-state index is 4.55. The van der Waals surface area contributed by atoms with Crippen molar-refractivity contribution < 1.29 is 0 Å². The van der Waals surface area contributed by atoms with E-state index in [1.165, 1.54) is 0 Å². The van der Waals surface area contributed by atoms with Gasteiger partial charge in [-0.1, -0.05) is 62.4 Å². The quantitative estimate of drug-likeness (QED) is 0.755. The second kappa shape index (κ2) is 8.80. The molecule has 0 saturated heterocycles. The van der Waals surface area contributed by atoms with E-state index in [2.05, 4.69) is 15.0 Å². The van der Waals surface area contributed by atoms with Crippen LogP contribution >= 0.6 is 0 Å². The average Bonchev–Trinajstić information content (AvgIpc) is 2.54. The molecule has 0 amide bonds. The highest BCUT2D eigenvalue weighted by Gasteiger charge is 2.07. The van der Waals surface area contributed by atoms with Crippen LogP contribution in [0.4, 0.5) is 0 Å². The molecule has 0 unspecified atom stereocenters. The number of rotatable bonds is 3. The Bertz CT molecular complexity index is 614. The highest BCUT2D eigenvalue weighted by molar-refractivity contribution is 5.70. The van der Waals surface area contributed by atoms with Crippen LogP contribution in [0.1, 0.15) is 39.3 Å². The molecule has 0 aliphatic heterocycles. The Hall–Kier alpha value is -2.29. The molecule has 0 atom stereocenters. The first-order chi connectivity index (χ1) is 10.2. The molecule has 21 heavy (non-hydrogen) atoms. The third-order valence-corrected chi connectivity index (χ3v) is 2.69. The SMILES string of the molecule is C/C=C\C(=C/C)c1nc(C)nc(-c2ccccc2)n1.CC. The van der Waals surface area contributed by atoms with Crippen molar-refractivity contribution in [3.8, 4) is 11.4 Å². The molecule has 1 aromatic heterocycles. The average molecular weight is 281 g/mol. The van der Waals surface area contributed by atoms with E-state index in [0.717, 1.165) is 17.0 Å². The van der Waals surface area contributed by atoms with Gasteiger partial charge in [-0.3, -0.25) is 0 Å². The van der Waals surface area contributed by atoms with E-state index in [-0.39, 0.29) is 0 Å². The van der Waals surface area contributed by atoms with Gasteiger partial charge >= 0.3 is 0 Å². The first kappa shape index (κ1) is 16.8. The summed E-state index contributed by atoms with van der Waals surface area (Å²) in [7, 11) is 0. The molecule has 0 spiro atoms. The minimum atomic E-state index is 0.715. The fourth-order valence-electron chi connectivity index (χ4n) is 1.81. The summed E-state index contributed by atoms with van der Waals surface area (Å²) in [6, 6.07) is 9.95. The van der Waals surface area contributed by atoms with Crippen LogP contribution in [0.25, 0.3) is 17.0 Å². The van der Waals surface area contributed by atoms with Crippen LogP contribution in [0.5, 0.6) is 0 Å². The highest BCUT2D eigenvalue weighted by atomic mass is 15.0. The van der Waals surface area contributed by atoms with Gasteiger partial charge in [0.05, 0.1) is 0 Å². The monoisotopic (exact) mass is 281 g/mol. The molecular weight excluding hydrogens is 258 g/mol. The first-order valence-electron chi connectivity index (χ1n) is 7.32. The minimum absolute atomic E-state index is 0.715. The molecule has 0 N–H and O–H groups in total. The Labute approximate surface area is 127 Å². The molecule has 0 aliphatic carbocycles. The molecule has 3 nitrogen and oxygen atoms in total. The van der Waals surface area contributed by atoms with Crippen molar-refractivity contribution in [1.82, 2.24) is 15.0 Å². The second-order valence-electron chi connectivity index (χ2n) is 4.14. The number of hydrogen-bond acceptors (Lipinski definition) is 3. The summed E-state index contributed by atoms with van der Waals surface area (Å²) in [5.74, 6) is 2.16. The van der Waals surface area contributed by atoms with E-state index in [1.54, 1.807) is 0 Å². The number of aryl methyl sites for hydroxylation is 1. The smallest absolute Gasteiger partial charge is 0.163 e. The number of nitrogens with zero attached hydrogens (tertiary/aromatic N) is 3. The van der Waals surface area contributed by atoms with Crippen LogP contribution in [0.3, 0.4) is 0 Å². The summed E-state index contributed by atoms with van der Waals surface area (Å²) in [6.07, 6.45) is 5.99. The molecule has 0 saturated carbocycles. The van der Waals surface area contributed by atoms with Gasteiger partial charge in [-0.25, -0.2) is 15.0 Å². The Morgan fingerprint density at radius 1 is 0.952 bits per heavy atom. The topological polar surface area (TPSA) is 38.7 Å². The highest BCUT2D eigenvalue weighted by Crippen LogP contribution is 2.18. The normalized spacial score (nSPS) is 11.2. The predicted molar refractivity (Wildman–Crippen MR) is 89.8 cm³/mol. The maximum atomic E-state index is 4.55. The van der Waals surface area contributed by atoms with Crippen molar-refractivity contribution in [2.45, 2.75) is 34.6 Å². The lowest BCUT2D eigenvalue weighted by Gasteiger charge is -2.05. The van der Waals surface area contributed by atoms with Gasteiger partial charge in [-0.15, -0.1) is 0 Å². The van der Waals surface area contributed by atoms with E-state index in [0.29, 0.717) is 11.6 Å². The van der Waals surface area contributed by atoms with Crippen LogP contribution in [-0.2, 0) is 0 Å². The van der Waals surface area contributed by atoms with E-state index in [4.69, 9.17) is 0 Å². The first-order valence-corrected chi connectivity index (χ1v) is 7.32. The molecule has 110 valence electrons. The molecular formula is C18H23N3. The third-order valence-electron chi connectivity index (χ3n) is 2.69. The standard InChI is InChI=1S/C16H17N3.C2H6/c1-4-9-13(5-2)15-17-12(3)18-16(19-15)14-10-7-6-8-11-14;1-2/h4-11H,1-3H3;1-2H3/b9-4-,13-5+;. The fraction of sp³-hybridized carbons (Fsp3) is 0.278. The molecule has 2 aromatic rings. The van der Waals surface area contributed by atoms with Crippen molar-refractivity contribution >= 4 is 5.57 Å². The summed E-state index contributed by atoms with van der Waals surface area (Å²) in [5, 5.41) is 0. The van der Waals surface area contributed by atoms with Gasteiger partial charge in [-0.2, -0.15) is 0 Å². The molecule has 1 heterocycles. The zero-order valence-corrected chi connectivity index (χ0v) is 13.5. The Morgan fingerprint density at radius 2 is 1.62 bits per heavy atom. The Kier molecular flexibility index (Phi) is 7.02. The Balaban J connectivity index is 0.00000106. The van der Waals surface area contributed by atoms with Gasteiger partial charge in [-0.05, 0) is 20.8 Å². The predicted octanol–water partition coefficient (Wildman–Crippen LogP) is 4.85. The zero-order chi connectivity index (χ0) is 15.7. The van der Waals surface area contributed by atoms with Crippen LogP contribution in [0.15, 0.2) is 48.6 Å². The number of benzene rings is 1. The number of allylic oxidation sites excluding steroid dienone is 4. The molecule has 0 aliphatic rings. The lowest BCUT2D eigenvalue weighted by Crippen LogP contribution is -2.01. The zero-order valence-electron chi connectivity index (χ0n) is 13.5. The van der Waals surface area contributed by atoms with Crippen molar-refractivity contribution in [1.29, 1.82) is 0 Å². The van der Waals surface area contributed by atoms with Gasteiger partial charge in [0.2, 0.25) is 0 Å². The van der Waals surface area contributed by atoms with Gasteiger partial charge in [0.1, 0.15) is 5.82 Å².